The molecule has 1 amide bonds. The number of imidazole rings is 1. The first kappa shape index (κ1) is 16.1. The second kappa shape index (κ2) is 6.19. The molecule has 0 atom stereocenters. The van der Waals surface area contributed by atoms with Crippen molar-refractivity contribution in [1.82, 2.24) is 9.38 Å². The van der Waals surface area contributed by atoms with E-state index in [1.807, 2.05) is 47.9 Å². The van der Waals surface area contributed by atoms with Crippen molar-refractivity contribution in [2.45, 2.75) is 20.3 Å². The third kappa shape index (κ3) is 2.58. The molecule has 0 aliphatic heterocycles. The molecule has 0 saturated carbocycles. The number of benzene rings is 2. The van der Waals surface area contributed by atoms with Crippen LogP contribution in [0.2, 0.25) is 0 Å². The van der Waals surface area contributed by atoms with Gasteiger partial charge >= 0.3 is 0 Å². The molecule has 4 rings (SSSR count). The van der Waals surface area contributed by atoms with Crippen molar-refractivity contribution in [2.75, 3.05) is 5.32 Å². The van der Waals surface area contributed by atoms with E-state index in [9.17, 15) is 9.90 Å². The van der Waals surface area contributed by atoms with Crippen molar-refractivity contribution in [2.24, 2.45) is 0 Å². The zero-order chi connectivity index (χ0) is 18.3. The van der Waals surface area contributed by atoms with Crippen LogP contribution in [0.15, 0.2) is 54.7 Å². The summed E-state index contributed by atoms with van der Waals surface area (Å²) >= 11 is 0. The summed E-state index contributed by atoms with van der Waals surface area (Å²) in [6.45, 7) is 4.08. The molecule has 2 aromatic carbocycles. The highest BCUT2D eigenvalue weighted by Gasteiger charge is 2.12. The molecule has 2 aromatic heterocycles. The highest BCUT2D eigenvalue weighted by Crippen LogP contribution is 2.30. The molecule has 130 valence electrons. The molecule has 5 nitrogen and oxygen atoms in total. The zero-order valence-corrected chi connectivity index (χ0v) is 14.7. The Labute approximate surface area is 150 Å². The van der Waals surface area contributed by atoms with E-state index in [0.29, 0.717) is 16.6 Å². The number of carbonyl (C=O) groups excluding carboxylic acids is 1. The van der Waals surface area contributed by atoms with Crippen LogP contribution in [-0.2, 0) is 6.42 Å². The van der Waals surface area contributed by atoms with E-state index in [2.05, 4.69) is 17.2 Å². The summed E-state index contributed by atoms with van der Waals surface area (Å²) in [5.74, 6) is -0.00459. The summed E-state index contributed by atoms with van der Waals surface area (Å²) in [5.41, 5.74) is 4.14. The number of aryl methyl sites for hydroxylation is 2. The van der Waals surface area contributed by atoms with Crippen molar-refractivity contribution in [3.05, 3.63) is 71.7 Å². The van der Waals surface area contributed by atoms with Gasteiger partial charge in [0.05, 0.1) is 11.3 Å². The Hall–Kier alpha value is -3.34. The molecule has 5 heteroatoms. The fourth-order valence-electron chi connectivity index (χ4n) is 3.28. The van der Waals surface area contributed by atoms with Gasteiger partial charge in [0.1, 0.15) is 11.4 Å². The average Bonchev–Trinajstić information content (AvgIpc) is 2.98. The number of aromatic hydroxyl groups is 1. The highest BCUT2D eigenvalue weighted by atomic mass is 16.3. The molecular weight excluding hydrogens is 326 g/mol. The van der Waals surface area contributed by atoms with E-state index in [1.54, 1.807) is 18.2 Å². The molecule has 0 spiro atoms. The van der Waals surface area contributed by atoms with Gasteiger partial charge < -0.3 is 14.8 Å². The molecule has 4 aromatic rings. The van der Waals surface area contributed by atoms with Crippen LogP contribution in [0.3, 0.4) is 0 Å². The maximum Gasteiger partial charge on any atom is 0.257 e. The van der Waals surface area contributed by atoms with Gasteiger partial charge in [-0.3, -0.25) is 4.79 Å². The molecule has 0 aliphatic carbocycles. The zero-order valence-electron chi connectivity index (χ0n) is 14.7. The topological polar surface area (TPSA) is 66.6 Å². The van der Waals surface area contributed by atoms with Crippen LogP contribution in [0.25, 0.3) is 16.4 Å². The first-order chi connectivity index (χ1) is 12.6. The Kier molecular flexibility index (Phi) is 3.84. The van der Waals surface area contributed by atoms with Gasteiger partial charge in [-0.2, -0.15) is 0 Å². The lowest BCUT2D eigenvalue weighted by Gasteiger charge is -2.10. The fraction of sp³-hybridized carbons (Fsp3) is 0.143. The van der Waals surface area contributed by atoms with Gasteiger partial charge in [0.25, 0.3) is 5.91 Å². The Bertz CT molecular complexity index is 1140. The van der Waals surface area contributed by atoms with Crippen LogP contribution in [0.5, 0.6) is 5.75 Å². The fourth-order valence-corrected chi connectivity index (χ4v) is 3.28. The van der Waals surface area contributed by atoms with E-state index < -0.39 is 0 Å². The van der Waals surface area contributed by atoms with Gasteiger partial charge in [0.15, 0.2) is 0 Å². The van der Waals surface area contributed by atoms with Gasteiger partial charge in [-0.15, -0.1) is 0 Å². The molecule has 0 aliphatic rings. The molecule has 0 fully saturated rings. The smallest absolute Gasteiger partial charge is 0.257 e. The maximum atomic E-state index is 12.8. The molecule has 0 unspecified atom stereocenters. The number of hydrogen-bond acceptors (Lipinski definition) is 3. The number of carbonyl (C=O) groups is 1. The minimum absolute atomic E-state index is 0.196. The molecule has 2 N–H and O–H groups in total. The van der Waals surface area contributed by atoms with Gasteiger partial charge in [-0.1, -0.05) is 31.2 Å². The maximum absolute atomic E-state index is 12.8. The lowest BCUT2D eigenvalue weighted by Crippen LogP contribution is -2.13. The monoisotopic (exact) mass is 345 g/mol. The number of phenolic OH excluding ortho intramolecular Hbond substituents is 1. The average molecular weight is 345 g/mol. The lowest BCUT2D eigenvalue weighted by molar-refractivity contribution is 0.102. The Morgan fingerprint density at radius 3 is 2.69 bits per heavy atom. The molecule has 26 heavy (non-hydrogen) atoms. The van der Waals surface area contributed by atoms with Crippen LogP contribution >= 0.6 is 0 Å². The van der Waals surface area contributed by atoms with Gasteiger partial charge in [0.2, 0.25) is 0 Å². The lowest BCUT2D eigenvalue weighted by atomic mass is 10.1. The number of pyridine rings is 1. The van der Waals surface area contributed by atoms with Crippen molar-refractivity contribution in [1.29, 1.82) is 0 Å². The predicted molar refractivity (Wildman–Crippen MR) is 103 cm³/mol. The number of anilines is 1. The molecular formula is C21H19N3O2. The van der Waals surface area contributed by atoms with E-state index in [1.165, 1.54) is 0 Å². The minimum atomic E-state index is -0.200. The van der Waals surface area contributed by atoms with Gasteiger partial charge in [-0.25, -0.2) is 4.98 Å². The third-order valence-corrected chi connectivity index (χ3v) is 4.70. The summed E-state index contributed by atoms with van der Waals surface area (Å²) in [7, 11) is 0. The first-order valence-electron chi connectivity index (χ1n) is 8.58. The third-order valence-electron chi connectivity index (χ3n) is 4.70. The van der Waals surface area contributed by atoms with E-state index in [4.69, 9.17) is 0 Å². The summed E-state index contributed by atoms with van der Waals surface area (Å²) in [5, 5.41) is 14.5. The number of nitrogens with one attached hydrogen (secondary N) is 1. The SMILES string of the molecule is CCc1nc2ccc(C(=O)Nc3cccc4c(O)cccc34)cn2c1C. The van der Waals surface area contributed by atoms with E-state index >= 15 is 0 Å². The standard InChI is InChI=1S/C21H19N3O2/c1-3-17-13(2)24-12-14(10-11-20(24)22-17)21(26)23-18-8-4-7-16-15(18)6-5-9-19(16)25/h4-12,25H,3H2,1-2H3,(H,23,26). The first-order valence-corrected chi connectivity index (χ1v) is 8.58. The van der Waals surface area contributed by atoms with Crippen molar-refractivity contribution < 1.29 is 9.90 Å². The van der Waals surface area contributed by atoms with Gasteiger partial charge in [0, 0.05) is 28.4 Å². The van der Waals surface area contributed by atoms with Crippen LogP contribution in [0.4, 0.5) is 5.69 Å². The molecule has 2 heterocycles. The number of aromatic nitrogens is 2. The van der Waals surface area contributed by atoms with Crippen LogP contribution in [0.1, 0.15) is 28.7 Å². The number of rotatable bonds is 3. The Balaban J connectivity index is 1.72. The predicted octanol–water partition coefficient (Wildman–Crippen LogP) is 4.32. The number of fused-ring (bicyclic) bond motifs is 2. The second-order valence-corrected chi connectivity index (χ2v) is 6.28. The number of amides is 1. The van der Waals surface area contributed by atoms with Crippen LogP contribution in [0, 0.1) is 6.92 Å². The Morgan fingerprint density at radius 2 is 1.88 bits per heavy atom. The summed E-state index contributed by atoms with van der Waals surface area (Å²) in [6.07, 6.45) is 2.67. The summed E-state index contributed by atoms with van der Waals surface area (Å²) < 4.78 is 1.95. The van der Waals surface area contributed by atoms with Crippen molar-refractivity contribution in [3.63, 3.8) is 0 Å². The van der Waals surface area contributed by atoms with Crippen LogP contribution < -0.4 is 5.32 Å². The minimum Gasteiger partial charge on any atom is -0.507 e. The molecule has 0 saturated heterocycles. The molecule has 0 bridgehead atoms. The molecule has 0 radical (unpaired) electrons. The largest absolute Gasteiger partial charge is 0.507 e. The second-order valence-electron chi connectivity index (χ2n) is 6.28. The number of hydrogen-bond donors (Lipinski definition) is 2. The summed E-state index contributed by atoms with van der Waals surface area (Å²) in [4.78, 5) is 17.3. The summed E-state index contributed by atoms with van der Waals surface area (Å²) in [6, 6.07) is 14.4. The van der Waals surface area contributed by atoms with E-state index in [0.717, 1.165) is 28.8 Å². The Morgan fingerprint density at radius 1 is 1.12 bits per heavy atom. The van der Waals surface area contributed by atoms with Gasteiger partial charge in [-0.05, 0) is 37.6 Å². The number of nitrogens with zero attached hydrogens (tertiary/aromatic N) is 2. The van der Waals surface area contributed by atoms with Crippen molar-refractivity contribution >= 4 is 28.0 Å². The highest BCUT2D eigenvalue weighted by molar-refractivity contribution is 6.09. The van der Waals surface area contributed by atoms with Crippen LogP contribution in [-0.4, -0.2) is 20.4 Å². The normalized spacial score (nSPS) is 11.2. The quantitative estimate of drug-likeness (QED) is 0.581. The number of phenols is 1. The van der Waals surface area contributed by atoms with Crippen molar-refractivity contribution in [3.8, 4) is 5.75 Å². The van der Waals surface area contributed by atoms with E-state index in [-0.39, 0.29) is 11.7 Å².